The Balaban J connectivity index is 2.12. The fourth-order valence-corrected chi connectivity index (χ4v) is 2.89. The molecule has 0 fully saturated rings. The first kappa shape index (κ1) is 22.9. The van der Waals surface area contributed by atoms with Gasteiger partial charge in [0.15, 0.2) is 17.5 Å². The van der Waals surface area contributed by atoms with Gasteiger partial charge in [-0.25, -0.2) is 4.99 Å². The Morgan fingerprint density at radius 2 is 1.67 bits per heavy atom. The van der Waals surface area contributed by atoms with Gasteiger partial charge < -0.3 is 30.2 Å². The Hall–Kier alpha value is -3.42. The van der Waals surface area contributed by atoms with E-state index in [4.69, 9.17) is 14.2 Å². The van der Waals surface area contributed by atoms with Crippen LogP contribution in [0.25, 0.3) is 0 Å². The van der Waals surface area contributed by atoms with Crippen molar-refractivity contribution < 1.29 is 19.0 Å². The first-order chi connectivity index (χ1) is 14.5. The number of hydrogen-bond donors (Lipinski definition) is 3. The zero-order valence-electron chi connectivity index (χ0n) is 18.2. The Kier molecular flexibility index (Phi) is 8.80. The Labute approximate surface area is 177 Å². The standard InChI is InChI=1S/C22H30N4O4/c1-6-23-22(24-13-16-8-7-9-18(10-16)26-15(2)27)25-14-17-11-19(28-3)21(30-5)20(12-17)29-4/h7-12H,6,13-14H2,1-5H3,(H,26,27)(H2,23,24,25). The largest absolute Gasteiger partial charge is 0.493 e. The highest BCUT2D eigenvalue weighted by Gasteiger charge is 2.13. The summed E-state index contributed by atoms with van der Waals surface area (Å²) in [5.74, 6) is 2.32. The maximum Gasteiger partial charge on any atom is 0.221 e. The summed E-state index contributed by atoms with van der Waals surface area (Å²) in [7, 11) is 4.75. The van der Waals surface area contributed by atoms with Gasteiger partial charge in [0.1, 0.15) is 0 Å². The minimum Gasteiger partial charge on any atom is -0.493 e. The van der Waals surface area contributed by atoms with Crippen molar-refractivity contribution in [3.8, 4) is 17.2 Å². The van der Waals surface area contributed by atoms with Crippen molar-refractivity contribution in [3.63, 3.8) is 0 Å². The van der Waals surface area contributed by atoms with Gasteiger partial charge in [-0.05, 0) is 42.3 Å². The van der Waals surface area contributed by atoms with E-state index in [9.17, 15) is 4.79 Å². The number of carbonyl (C=O) groups excluding carboxylic acids is 1. The van der Waals surface area contributed by atoms with Gasteiger partial charge in [-0.15, -0.1) is 0 Å². The molecule has 1 amide bonds. The summed E-state index contributed by atoms with van der Waals surface area (Å²) in [5.41, 5.74) is 2.72. The van der Waals surface area contributed by atoms with Crippen molar-refractivity contribution in [2.45, 2.75) is 26.9 Å². The number of benzene rings is 2. The van der Waals surface area contributed by atoms with E-state index in [0.29, 0.717) is 36.3 Å². The summed E-state index contributed by atoms with van der Waals surface area (Å²) >= 11 is 0. The number of hydrogen-bond acceptors (Lipinski definition) is 5. The van der Waals surface area contributed by atoms with E-state index in [1.165, 1.54) is 6.92 Å². The summed E-state index contributed by atoms with van der Waals surface area (Å²) < 4.78 is 16.2. The molecule has 0 spiro atoms. The number of carbonyl (C=O) groups is 1. The highest BCUT2D eigenvalue weighted by molar-refractivity contribution is 5.88. The van der Waals surface area contributed by atoms with Crippen LogP contribution in [-0.4, -0.2) is 39.7 Å². The third kappa shape index (κ3) is 6.58. The normalized spacial score (nSPS) is 10.9. The first-order valence-electron chi connectivity index (χ1n) is 9.68. The molecule has 0 aliphatic carbocycles. The number of rotatable bonds is 9. The maximum absolute atomic E-state index is 11.2. The smallest absolute Gasteiger partial charge is 0.221 e. The van der Waals surface area contributed by atoms with Crippen LogP contribution in [0.1, 0.15) is 25.0 Å². The Bertz CT molecular complexity index is 858. The number of aliphatic imine (C=N–C) groups is 1. The molecule has 8 heteroatoms. The van der Waals surface area contributed by atoms with E-state index in [1.807, 2.05) is 43.3 Å². The second-order valence-electron chi connectivity index (χ2n) is 6.46. The number of guanidine groups is 1. The molecule has 0 unspecified atom stereocenters. The second kappa shape index (κ2) is 11.5. The highest BCUT2D eigenvalue weighted by Crippen LogP contribution is 2.38. The van der Waals surface area contributed by atoms with Gasteiger partial charge in [0, 0.05) is 25.7 Å². The van der Waals surface area contributed by atoms with Gasteiger partial charge in [0.2, 0.25) is 11.7 Å². The molecular weight excluding hydrogens is 384 g/mol. The lowest BCUT2D eigenvalue weighted by molar-refractivity contribution is -0.114. The molecular formula is C22H30N4O4. The molecule has 0 bridgehead atoms. The Morgan fingerprint density at radius 1 is 0.967 bits per heavy atom. The highest BCUT2D eigenvalue weighted by atomic mass is 16.5. The van der Waals surface area contributed by atoms with Crippen LogP contribution in [0.3, 0.4) is 0 Å². The van der Waals surface area contributed by atoms with Crippen LogP contribution in [0.2, 0.25) is 0 Å². The molecule has 8 nitrogen and oxygen atoms in total. The molecule has 3 N–H and O–H groups in total. The number of ether oxygens (including phenoxy) is 3. The van der Waals surface area contributed by atoms with Crippen LogP contribution in [0, 0.1) is 0 Å². The lowest BCUT2D eigenvalue weighted by Gasteiger charge is -2.14. The fraction of sp³-hybridized carbons (Fsp3) is 0.364. The van der Waals surface area contributed by atoms with E-state index in [0.717, 1.165) is 23.4 Å². The van der Waals surface area contributed by atoms with Crippen LogP contribution >= 0.6 is 0 Å². The quantitative estimate of drug-likeness (QED) is 0.432. The molecule has 0 aliphatic heterocycles. The first-order valence-corrected chi connectivity index (χ1v) is 9.68. The van der Waals surface area contributed by atoms with E-state index in [1.54, 1.807) is 21.3 Å². The third-order valence-corrected chi connectivity index (χ3v) is 4.20. The van der Waals surface area contributed by atoms with E-state index in [-0.39, 0.29) is 5.91 Å². The average molecular weight is 415 g/mol. The van der Waals surface area contributed by atoms with Gasteiger partial charge in [-0.2, -0.15) is 0 Å². The van der Waals surface area contributed by atoms with E-state index >= 15 is 0 Å². The lowest BCUT2D eigenvalue weighted by Crippen LogP contribution is -2.36. The molecule has 0 aromatic heterocycles. The van der Waals surface area contributed by atoms with E-state index < -0.39 is 0 Å². The summed E-state index contributed by atoms with van der Waals surface area (Å²) in [5, 5.41) is 9.33. The zero-order valence-corrected chi connectivity index (χ0v) is 18.2. The second-order valence-corrected chi connectivity index (χ2v) is 6.46. The number of methoxy groups -OCH3 is 3. The van der Waals surface area contributed by atoms with Gasteiger partial charge in [-0.1, -0.05) is 12.1 Å². The monoisotopic (exact) mass is 414 g/mol. The van der Waals surface area contributed by atoms with Crippen molar-refractivity contribution in [2.24, 2.45) is 4.99 Å². The molecule has 2 rings (SSSR count). The third-order valence-electron chi connectivity index (χ3n) is 4.20. The predicted octanol–water partition coefficient (Wildman–Crippen LogP) is 2.93. The molecule has 162 valence electrons. The minimum atomic E-state index is -0.0969. The van der Waals surface area contributed by atoms with Crippen molar-refractivity contribution in [2.75, 3.05) is 33.2 Å². The molecule has 0 saturated carbocycles. The molecule has 2 aromatic carbocycles. The van der Waals surface area contributed by atoms with Crippen LogP contribution < -0.4 is 30.2 Å². The Morgan fingerprint density at radius 3 is 2.23 bits per heavy atom. The SMILES string of the molecule is CCNC(=NCc1cc(OC)c(OC)c(OC)c1)NCc1cccc(NC(C)=O)c1. The van der Waals surface area contributed by atoms with Crippen LogP contribution in [0.5, 0.6) is 17.2 Å². The summed E-state index contributed by atoms with van der Waals surface area (Å²) in [4.78, 5) is 15.9. The molecule has 0 heterocycles. The number of anilines is 1. The van der Waals surface area contributed by atoms with Gasteiger partial charge in [0.05, 0.1) is 27.9 Å². The van der Waals surface area contributed by atoms with Gasteiger partial charge >= 0.3 is 0 Å². The fourth-order valence-electron chi connectivity index (χ4n) is 2.89. The van der Waals surface area contributed by atoms with Crippen molar-refractivity contribution in [1.29, 1.82) is 0 Å². The van der Waals surface area contributed by atoms with Crippen LogP contribution in [0.15, 0.2) is 41.4 Å². The van der Waals surface area contributed by atoms with Gasteiger partial charge in [0.25, 0.3) is 0 Å². The summed E-state index contributed by atoms with van der Waals surface area (Å²) in [6.45, 7) is 5.22. The summed E-state index contributed by atoms with van der Waals surface area (Å²) in [6.07, 6.45) is 0. The zero-order chi connectivity index (χ0) is 21.9. The number of amides is 1. The molecule has 0 aliphatic rings. The van der Waals surface area contributed by atoms with Gasteiger partial charge in [-0.3, -0.25) is 4.79 Å². The minimum absolute atomic E-state index is 0.0969. The van der Waals surface area contributed by atoms with Crippen molar-refractivity contribution >= 4 is 17.6 Å². The van der Waals surface area contributed by atoms with Crippen molar-refractivity contribution in [3.05, 3.63) is 47.5 Å². The molecule has 30 heavy (non-hydrogen) atoms. The maximum atomic E-state index is 11.2. The molecule has 0 atom stereocenters. The lowest BCUT2D eigenvalue weighted by atomic mass is 10.2. The topological polar surface area (TPSA) is 93.2 Å². The molecule has 2 aromatic rings. The molecule has 0 radical (unpaired) electrons. The van der Waals surface area contributed by atoms with Crippen LogP contribution in [0.4, 0.5) is 5.69 Å². The number of nitrogens with zero attached hydrogens (tertiary/aromatic N) is 1. The average Bonchev–Trinajstić information content (AvgIpc) is 2.74. The van der Waals surface area contributed by atoms with Crippen LogP contribution in [-0.2, 0) is 17.9 Å². The molecule has 0 saturated heterocycles. The number of nitrogens with one attached hydrogen (secondary N) is 3. The predicted molar refractivity (Wildman–Crippen MR) is 118 cm³/mol. The van der Waals surface area contributed by atoms with E-state index in [2.05, 4.69) is 20.9 Å². The summed E-state index contributed by atoms with van der Waals surface area (Å²) in [6, 6.07) is 11.4. The van der Waals surface area contributed by atoms with Crippen molar-refractivity contribution in [1.82, 2.24) is 10.6 Å².